The number of hydrogen-bond acceptors (Lipinski definition) is 4. The standard InChI is InChI=1S/C9H9BrN2O3/c1-15-8-4-6(10)2-3-7(8)12-9(13)5-11-14/h2-4H,5H2,1H3,(H,12,13). The summed E-state index contributed by atoms with van der Waals surface area (Å²) in [5.74, 6) is 0.0502. The molecule has 0 heterocycles. The first kappa shape index (κ1) is 11.6. The van der Waals surface area contributed by atoms with E-state index in [9.17, 15) is 9.70 Å². The number of nitrogens with one attached hydrogen (secondary N) is 1. The third-order valence-electron chi connectivity index (χ3n) is 1.65. The average Bonchev–Trinajstić information content (AvgIpc) is 2.21. The zero-order valence-corrected chi connectivity index (χ0v) is 9.58. The Hall–Kier alpha value is -1.43. The van der Waals surface area contributed by atoms with E-state index in [0.717, 1.165) is 4.47 Å². The summed E-state index contributed by atoms with van der Waals surface area (Å²) < 4.78 is 5.89. The molecule has 0 aromatic heterocycles. The molecule has 0 spiro atoms. The van der Waals surface area contributed by atoms with Gasteiger partial charge in [-0.15, -0.1) is 0 Å². The van der Waals surface area contributed by atoms with Crippen molar-refractivity contribution in [1.29, 1.82) is 0 Å². The van der Waals surface area contributed by atoms with E-state index < -0.39 is 12.5 Å². The van der Waals surface area contributed by atoms with Crippen LogP contribution in [0.25, 0.3) is 0 Å². The Morgan fingerprint density at radius 2 is 2.33 bits per heavy atom. The van der Waals surface area contributed by atoms with Gasteiger partial charge in [0.2, 0.25) is 5.91 Å². The van der Waals surface area contributed by atoms with Crippen LogP contribution in [0.1, 0.15) is 0 Å². The lowest BCUT2D eigenvalue weighted by Crippen LogP contribution is -2.14. The average molecular weight is 273 g/mol. The van der Waals surface area contributed by atoms with Gasteiger partial charge < -0.3 is 10.1 Å². The summed E-state index contributed by atoms with van der Waals surface area (Å²) in [6.07, 6.45) is 0. The monoisotopic (exact) mass is 272 g/mol. The maximum absolute atomic E-state index is 11.1. The molecule has 1 rings (SSSR count). The number of nitrogens with zero attached hydrogens (tertiary/aromatic N) is 1. The predicted molar refractivity (Wildman–Crippen MR) is 60.0 cm³/mol. The van der Waals surface area contributed by atoms with Gasteiger partial charge in [0, 0.05) is 4.47 Å². The minimum atomic E-state index is -0.467. The molecule has 1 aromatic carbocycles. The van der Waals surface area contributed by atoms with Gasteiger partial charge in [0.05, 0.1) is 12.8 Å². The van der Waals surface area contributed by atoms with Crippen molar-refractivity contribution >= 4 is 27.5 Å². The summed E-state index contributed by atoms with van der Waals surface area (Å²) >= 11 is 3.27. The molecule has 0 saturated heterocycles. The van der Waals surface area contributed by atoms with E-state index in [-0.39, 0.29) is 0 Å². The Morgan fingerprint density at radius 1 is 1.60 bits per heavy atom. The van der Waals surface area contributed by atoms with Crippen molar-refractivity contribution in [2.75, 3.05) is 19.0 Å². The van der Waals surface area contributed by atoms with Crippen LogP contribution in [0.5, 0.6) is 5.75 Å². The minimum absolute atomic E-state index is 0.404. The maximum atomic E-state index is 11.1. The molecule has 0 aliphatic heterocycles. The smallest absolute Gasteiger partial charge is 0.249 e. The van der Waals surface area contributed by atoms with Crippen LogP contribution in [0, 0.1) is 4.91 Å². The lowest BCUT2D eigenvalue weighted by molar-refractivity contribution is -0.114. The van der Waals surface area contributed by atoms with E-state index in [1.54, 1.807) is 18.2 Å². The summed E-state index contributed by atoms with van der Waals surface area (Å²) in [7, 11) is 1.50. The number of halogens is 1. The molecule has 15 heavy (non-hydrogen) atoms. The van der Waals surface area contributed by atoms with E-state index in [2.05, 4.69) is 26.4 Å². The SMILES string of the molecule is COc1cc(Br)ccc1NC(=O)CN=O. The Kier molecular flexibility index (Phi) is 4.23. The van der Waals surface area contributed by atoms with Crippen LogP contribution in [-0.4, -0.2) is 19.6 Å². The molecule has 0 bridgehead atoms. The first-order valence-electron chi connectivity index (χ1n) is 4.10. The second-order valence-corrected chi connectivity index (χ2v) is 3.60. The molecular weight excluding hydrogens is 264 g/mol. The highest BCUT2D eigenvalue weighted by Gasteiger charge is 2.07. The molecule has 1 amide bonds. The summed E-state index contributed by atoms with van der Waals surface area (Å²) in [5.41, 5.74) is 0.509. The van der Waals surface area contributed by atoms with Crippen LogP contribution in [0.4, 0.5) is 5.69 Å². The number of hydrogen-bond donors (Lipinski definition) is 1. The first-order chi connectivity index (χ1) is 7.17. The Balaban J connectivity index is 2.84. The summed E-state index contributed by atoms with van der Waals surface area (Å²) in [6.45, 7) is -0.404. The van der Waals surface area contributed by atoms with E-state index >= 15 is 0 Å². The normalized spacial score (nSPS) is 9.47. The summed E-state index contributed by atoms with van der Waals surface area (Å²) in [4.78, 5) is 21.0. The van der Waals surface area contributed by atoms with Crippen LogP contribution in [0.3, 0.4) is 0 Å². The summed E-state index contributed by atoms with van der Waals surface area (Å²) in [6, 6.07) is 5.14. The lowest BCUT2D eigenvalue weighted by atomic mass is 10.3. The third-order valence-corrected chi connectivity index (χ3v) is 2.14. The van der Waals surface area contributed by atoms with Crippen LogP contribution < -0.4 is 10.1 Å². The summed E-state index contributed by atoms with van der Waals surface area (Å²) in [5, 5.41) is 5.00. The van der Waals surface area contributed by atoms with Crippen molar-refractivity contribution in [3.05, 3.63) is 27.6 Å². The topological polar surface area (TPSA) is 67.8 Å². The van der Waals surface area contributed by atoms with E-state index in [4.69, 9.17) is 4.74 Å². The van der Waals surface area contributed by atoms with Crippen LogP contribution >= 0.6 is 15.9 Å². The van der Waals surface area contributed by atoms with E-state index in [1.165, 1.54) is 7.11 Å². The fraction of sp³-hybridized carbons (Fsp3) is 0.222. The predicted octanol–water partition coefficient (Wildman–Crippen LogP) is 2.16. The second-order valence-electron chi connectivity index (χ2n) is 2.68. The van der Waals surface area contributed by atoms with Crippen LogP contribution in [0.2, 0.25) is 0 Å². The van der Waals surface area contributed by atoms with Crippen molar-refractivity contribution in [3.8, 4) is 5.75 Å². The number of rotatable bonds is 4. The zero-order valence-electron chi connectivity index (χ0n) is 7.99. The second kappa shape index (κ2) is 5.45. The lowest BCUT2D eigenvalue weighted by Gasteiger charge is -2.08. The van der Waals surface area contributed by atoms with Crippen LogP contribution in [0.15, 0.2) is 27.8 Å². The molecule has 0 atom stereocenters. The van der Waals surface area contributed by atoms with Crippen molar-refractivity contribution in [2.24, 2.45) is 5.18 Å². The van der Waals surface area contributed by atoms with Gasteiger partial charge in [-0.3, -0.25) is 4.79 Å². The number of ether oxygens (including phenoxy) is 1. The Labute approximate surface area is 94.9 Å². The molecule has 0 saturated carbocycles. The van der Waals surface area contributed by atoms with E-state index in [0.29, 0.717) is 11.4 Å². The number of amides is 1. The fourth-order valence-electron chi connectivity index (χ4n) is 1.02. The molecule has 1 aromatic rings. The van der Waals surface area contributed by atoms with Crippen molar-refractivity contribution in [3.63, 3.8) is 0 Å². The largest absolute Gasteiger partial charge is 0.495 e. The number of methoxy groups -OCH3 is 1. The van der Waals surface area contributed by atoms with Gasteiger partial charge in [0.15, 0.2) is 6.54 Å². The molecule has 0 aliphatic carbocycles. The fourth-order valence-corrected chi connectivity index (χ4v) is 1.36. The first-order valence-corrected chi connectivity index (χ1v) is 4.89. The third kappa shape index (κ3) is 3.32. The number of benzene rings is 1. The van der Waals surface area contributed by atoms with Gasteiger partial charge in [0.1, 0.15) is 5.75 Å². The van der Waals surface area contributed by atoms with Gasteiger partial charge in [-0.25, -0.2) is 0 Å². The van der Waals surface area contributed by atoms with Crippen molar-refractivity contribution < 1.29 is 9.53 Å². The highest BCUT2D eigenvalue weighted by molar-refractivity contribution is 9.10. The number of carbonyl (C=O) groups excluding carboxylic acids is 1. The molecule has 1 N–H and O–H groups in total. The number of nitroso groups, excluding NO2 is 1. The Morgan fingerprint density at radius 3 is 2.93 bits per heavy atom. The van der Waals surface area contributed by atoms with Gasteiger partial charge >= 0.3 is 0 Å². The molecule has 6 heteroatoms. The molecule has 0 fully saturated rings. The van der Waals surface area contributed by atoms with E-state index in [1.807, 2.05) is 0 Å². The van der Waals surface area contributed by atoms with Crippen molar-refractivity contribution in [2.45, 2.75) is 0 Å². The number of carbonyl (C=O) groups is 1. The molecule has 0 aliphatic rings. The quantitative estimate of drug-likeness (QED) is 0.855. The zero-order chi connectivity index (χ0) is 11.3. The van der Waals surface area contributed by atoms with Gasteiger partial charge in [-0.2, -0.15) is 4.91 Å². The minimum Gasteiger partial charge on any atom is -0.495 e. The molecule has 0 unspecified atom stereocenters. The van der Waals surface area contributed by atoms with Gasteiger partial charge in [-0.1, -0.05) is 21.1 Å². The van der Waals surface area contributed by atoms with Crippen molar-refractivity contribution in [1.82, 2.24) is 0 Å². The van der Waals surface area contributed by atoms with Gasteiger partial charge in [-0.05, 0) is 18.2 Å². The van der Waals surface area contributed by atoms with Gasteiger partial charge in [0.25, 0.3) is 0 Å². The highest BCUT2D eigenvalue weighted by Crippen LogP contribution is 2.27. The molecule has 0 radical (unpaired) electrons. The Bertz CT molecular complexity index is 382. The highest BCUT2D eigenvalue weighted by atomic mass is 79.9. The molecular formula is C9H9BrN2O3. The number of anilines is 1. The van der Waals surface area contributed by atoms with Crippen LogP contribution in [-0.2, 0) is 4.79 Å². The molecule has 80 valence electrons. The molecule has 5 nitrogen and oxygen atoms in total. The maximum Gasteiger partial charge on any atom is 0.249 e.